The van der Waals surface area contributed by atoms with Crippen LogP contribution in [-0.4, -0.2) is 18.7 Å². The van der Waals surface area contributed by atoms with E-state index in [4.69, 9.17) is 4.74 Å². The first-order valence-electron chi connectivity index (χ1n) is 6.36. The molecule has 98 valence electrons. The van der Waals surface area contributed by atoms with E-state index in [-0.39, 0.29) is 11.6 Å². The molecule has 0 aromatic heterocycles. The van der Waals surface area contributed by atoms with Crippen molar-refractivity contribution in [1.82, 2.24) is 0 Å². The summed E-state index contributed by atoms with van der Waals surface area (Å²) in [5.41, 5.74) is 0.706. The van der Waals surface area contributed by atoms with Crippen molar-refractivity contribution in [3.8, 4) is 5.75 Å². The number of benzene rings is 1. The molecule has 1 aromatic carbocycles. The summed E-state index contributed by atoms with van der Waals surface area (Å²) in [4.78, 5) is 22.9. The Labute approximate surface area is 108 Å². The maximum Gasteiger partial charge on any atom is 0.162 e. The van der Waals surface area contributed by atoms with Gasteiger partial charge in [-0.3, -0.25) is 9.59 Å². The fourth-order valence-corrected chi connectivity index (χ4v) is 1.71. The van der Waals surface area contributed by atoms with Crippen LogP contribution in [0, 0.1) is 0 Å². The van der Waals surface area contributed by atoms with Gasteiger partial charge in [0, 0.05) is 24.8 Å². The van der Waals surface area contributed by atoms with Crippen LogP contribution >= 0.6 is 0 Å². The van der Waals surface area contributed by atoms with Gasteiger partial charge in [0.2, 0.25) is 0 Å². The molecule has 3 heteroatoms. The molecular weight excluding hydrogens is 228 g/mol. The fourth-order valence-electron chi connectivity index (χ4n) is 1.71. The number of Topliss-reactive ketones (excluding diaryl/α,β-unsaturated/α-hetero) is 2. The molecule has 0 spiro atoms. The van der Waals surface area contributed by atoms with Crippen molar-refractivity contribution in [1.29, 1.82) is 0 Å². The monoisotopic (exact) mass is 248 g/mol. The number of rotatable bonds is 8. The maximum atomic E-state index is 11.8. The van der Waals surface area contributed by atoms with Gasteiger partial charge in [-0.15, -0.1) is 0 Å². The van der Waals surface area contributed by atoms with E-state index < -0.39 is 0 Å². The minimum Gasteiger partial charge on any atom is -0.497 e. The molecular formula is C15H20O3. The van der Waals surface area contributed by atoms with Crippen molar-refractivity contribution in [3.05, 3.63) is 29.8 Å². The third kappa shape index (κ3) is 4.70. The van der Waals surface area contributed by atoms with E-state index >= 15 is 0 Å². The third-order valence-corrected chi connectivity index (χ3v) is 2.92. The second-order valence-corrected chi connectivity index (χ2v) is 4.25. The van der Waals surface area contributed by atoms with Crippen molar-refractivity contribution in [3.63, 3.8) is 0 Å². The van der Waals surface area contributed by atoms with Crippen molar-refractivity contribution >= 4 is 11.6 Å². The minimum atomic E-state index is 0.126. The fraction of sp³-hybridized carbons (Fsp3) is 0.467. The molecule has 0 saturated carbocycles. The zero-order valence-electron chi connectivity index (χ0n) is 11.1. The van der Waals surface area contributed by atoms with E-state index in [2.05, 4.69) is 0 Å². The van der Waals surface area contributed by atoms with E-state index in [9.17, 15) is 9.59 Å². The molecule has 0 bridgehead atoms. The van der Waals surface area contributed by atoms with Crippen LogP contribution in [0.15, 0.2) is 24.3 Å². The SMILES string of the molecule is CCC(=O)CCCCC(=O)c1ccc(OC)cc1. The first kappa shape index (κ1) is 14.4. The van der Waals surface area contributed by atoms with Gasteiger partial charge in [0.05, 0.1) is 7.11 Å². The molecule has 1 aromatic rings. The lowest BCUT2D eigenvalue weighted by Crippen LogP contribution is -2.00. The van der Waals surface area contributed by atoms with Gasteiger partial charge < -0.3 is 4.74 Å². The van der Waals surface area contributed by atoms with Crippen LogP contribution in [0.25, 0.3) is 0 Å². The van der Waals surface area contributed by atoms with Crippen molar-refractivity contribution in [2.24, 2.45) is 0 Å². The predicted molar refractivity (Wildman–Crippen MR) is 71.1 cm³/mol. The molecule has 0 radical (unpaired) electrons. The Morgan fingerprint density at radius 2 is 1.67 bits per heavy atom. The summed E-state index contributed by atoms with van der Waals surface area (Å²) in [5.74, 6) is 1.15. The Balaban J connectivity index is 2.33. The van der Waals surface area contributed by atoms with Crippen LogP contribution in [0.4, 0.5) is 0 Å². The Kier molecular flexibility index (Phi) is 6.12. The number of carbonyl (C=O) groups excluding carboxylic acids is 2. The molecule has 1 rings (SSSR count). The van der Waals surface area contributed by atoms with E-state index in [1.54, 1.807) is 31.4 Å². The number of unbranched alkanes of at least 4 members (excludes halogenated alkanes) is 1. The number of ether oxygens (including phenoxy) is 1. The van der Waals surface area contributed by atoms with Gasteiger partial charge in [-0.1, -0.05) is 6.92 Å². The summed E-state index contributed by atoms with van der Waals surface area (Å²) in [6.45, 7) is 1.87. The highest BCUT2D eigenvalue weighted by atomic mass is 16.5. The number of carbonyl (C=O) groups is 2. The molecule has 18 heavy (non-hydrogen) atoms. The van der Waals surface area contributed by atoms with Gasteiger partial charge in [-0.05, 0) is 37.1 Å². The average Bonchev–Trinajstić information content (AvgIpc) is 2.43. The lowest BCUT2D eigenvalue weighted by molar-refractivity contribution is -0.118. The molecule has 0 aliphatic carbocycles. The van der Waals surface area contributed by atoms with Gasteiger partial charge in [-0.25, -0.2) is 0 Å². The summed E-state index contributed by atoms with van der Waals surface area (Å²) >= 11 is 0. The molecule has 0 atom stereocenters. The lowest BCUT2D eigenvalue weighted by atomic mass is 10.0. The molecule has 0 aliphatic rings. The average molecular weight is 248 g/mol. The van der Waals surface area contributed by atoms with Crippen LogP contribution in [0.5, 0.6) is 5.75 Å². The Morgan fingerprint density at radius 1 is 1.06 bits per heavy atom. The molecule has 0 fully saturated rings. The summed E-state index contributed by atoms with van der Waals surface area (Å²) < 4.78 is 5.04. The standard InChI is InChI=1S/C15H20O3/c1-3-13(16)6-4-5-7-15(17)12-8-10-14(18-2)11-9-12/h8-11H,3-7H2,1-2H3. The molecule has 0 heterocycles. The van der Waals surface area contributed by atoms with E-state index in [0.717, 1.165) is 18.6 Å². The van der Waals surface area contributed by atoms with Crippen LogP contribution in [0.2, 0.25) is 0 Å². The molecule has 0 unspecified atom stereocenters. The first-order valence-corrected chi connectivity index (χ1v) is 6.36. The van der Waals surface area contributed by atoms with Gasteiger partial charge in [0.25, 0.3) is 0 Å². The highest BCUT2D eigenvalue weighted by molar-refractivity contribution is 5.96. The molecule has 0 aliphatic heterocycles. The largest absolute Gasteiger partial charge is 0.497 e. The smallest absolute Gasteiger partial charge is 0.162 e. The predicted octanol–water partition coefficient (Wildman–Crippen LogP) is 3.42. The first-order chi connectivity index (χ1) is 8.67. The highest BCUT2D eigenvalue weighted by Crippen LogP contribution is 2.14. The Bertz CT molecular complexity index is 393. The summed E-state index contributed by atoms with van der Waals surface area (Å²) in [6, 6.07) is 7.12. The zero-order chi connectivity index (χ0) is 13.4. The van der Waals surface area contributed by atoms with Crippen molar-refractivity contribution < 1.29 is 14.3 Å². The molecule has 0 saturated heterocycles. The van der Waals surface area contributed by atoms with E-state index in [1.165, 1.54) is 0 Å². The van der Waals surface area contributed by atoms with Crippen molar-refractivity contribution in [2.45, 2.75) is 39.0 Å². The normalized spacial score (nSPS) is 10.1. The van der Waals surface area contributed by atoms with Crippen molar-refractivity contribution in [2.75, 3.05) is 7.11 Å². The molecule has 0 N–H and O–H groups in total. The van der Waals surface area contributed by atoms with Gasteiger partial charge in [-0.2, -0.15) is 0 Å². The minimum absolute atomic E-state index is 0.126. The Morgan fingerprint density at radius 3 is 2.22 bits per heavy atom. The lowest BCUT2D eigenvalue weighted by Gasteiger charge is -2.03. The van der Waals surface area contributed by atoms with Gasteiger partial charge in [0.15, 0.2) is 5.78 Å². The number of ketones is 2. The zero-order valence-corrected chi connectivity index (χ0v) is 11.1. The Hall–Kier alpha value is -1.64. The van der Waals surface area contributed by atoms with Crippen LogP contribution in [0.3, 0.4) is 0 Å². The maximum absolute atomic E-state index is 11.8. The number of methoxy groups -OCH3 is 1. The second-order valence-electron chi connectivity index (χ2n) is 4.25. The number of hydrogen-bond donors (Lipinski definition) is 0. The summed E-state index contributed by atoms with van der Waals surface area (Å²) in [5, 5.41) is 0. The van der Waals surface area contributed by atoms with E-state index in [0.29, 0.717) is 24.8 Å². The van der Waals surface area contributed by atoms with Crippen LogP contribution < -0.4 is 4.74 Å². The quantitative estimate of drug-likeness (QED) is 0.523. The highest BCUT2D eigenvalue weighted by Gasteiger charge is 2.06. The van der Waals surface area contributed by atoms with Gasteiger partial charge in [0.1, 0.15) is 11.5 Å². The summed E-state index contributed by atoms with van der Waals surface area (Å²) in [6.07, 6.45) is 3.26. The third-order valence-electron chi connectivity index (χ3n) is 2.92. The number of hydrogen-bond acceptors (Lipinski definition) is 3. The molecule has 3 nitrogen and oxygen atoms in total. The molecule has 0 amide bonds. The van der Waals surface area contributed by atoms with Crippen LogP contribution in [-0.2, 0) is 4.79 Å². The topological polar surface area (TPSA) is 43.4 Å². The summed E-state index contributed by atoms with van der Waals surface area (Å²) in [7, 11) is 1.60. The van der Waals surface area contributed by atoms with Gasteiger partial charge >= 0.3 is 0 Å². The second kappa shape index (κ2) is 7.64. The van der Waals surface area contributed by atoms with Crippen LogP contribution in [0.1, 0.15) is 49.4 Å². The van der Waals surface area contributed by atoms with E-state index in [1.807, 2.05) is 6.92 Å².